The van der Waals surface area contributed by atoms with Crippen LogP contribution in [0.1, 0.15) is 66.2 Å². The molecule has 0 saturated carbocycles. The first-order valence-electron chi connectivity index (χ1n) is 9.70. The van der Waals surface area contributed by atoms with Crippen LogP contribution in [0.25, 0.3) is 0 Å². The topological polar surface area (TPSA) is 12.5 Å². The number of hydrogen-bond donors (Lipinski definition) is 0. The van der Waals surface area contributed by atoms with E-state index in [0.29, 0.717) is 6.04 Å². The van der Waals surface area contributed by atoms with Crippen molar-refractivity contribution in [1.29, 1.82) is 0 Å². The second kappa shape index (κ2) is 12.5. The minimum absolute atomic E-state index is 0.0103. The number of unbranched alkanes of at least 4 members (excludes halogenated alkanes) is 2. The lowest BCUT2D eigenvalue weighted by molar-refractivity contribution is 0.161. The Kier molecular flexibility index (Phi) is 10.6. The Bertz CT molecular complexity index is 544. The molecule has 0 spiro atoms. The molecule has 0 saturated heterocycles. The van der Waals surface area contributed by atoms with Crippen LogP contribution in [0.2, 0.25) is 0 Å². The van der Waals surface area contributed by atoms with Crippen molar-refractivity contribution in [3.05, 3.63) is 48.4 Å². The van der Waals surface area contributed by atoms with Crippen LogP contribution >= 0.6 is 0 Å². The maximum absolute atomic E-state index is 5.99. The molecule has 138 valence electrons. The van der Waals surface area contributed by atoms with Crippen LogP contribution in [0.5, 0.6) is 0 Å². The second-order valence-electron chi connectivity index (χ2n) is 6.51. The van der Waals surface area contributed by atoms with Crippen molar-refractivity contribution in [2.24, 2.45) is 0 Å². The van der Waals surface area contributed by atoms with Crippen molar-refractivity contribution in [3.63, 3.8) is 0 Å². The summed E-state index contributed by atoms with van der Waals surface area (Å²) in [4.78, 5) is 2.47. The molecule has 0 aromatic carbocycles. The number of rotatable bonds is 12. The molecule has 1 aliphatic rings. The first kappa shape index (κ1) is 21.2. The van der Waals surface area contributed by atoms with E-state index in [1.54, 1.807) is 0 Å². The molecule has 0 N–H and O–H groups in total. The Morgan fingerprint density at radius 3 is 2.80 bits per heavy atom. The number of hydrogen-bond acceptors (Lipinski definition) is 2. The Morgan fingerprint density at radius 1 is 1.40 bits per heavy atom. The molecule has 0 aliphatic heterocycles. The van der Waals surface area contributed by atoms with Crippen molar-refractivity contribution in [3.8, 4) is 11.8 Å². The summed E-state index contributed by atoms with van der Waals surface area (Å²) in [5.41, 5.74) is 1.42. The maximum Gasteiger partial charge on any atom is 0.162 e. The number of ether oxygens (including phenoxy) is 1. The van der Waals surface area contributed by atoms with Gasteiger partial charge in [0, 0.05) is 24.7 Å². The van der Waals surface area contributed by atoms with E-state index in [4.69, 9.17) is 4.74 Å². The monoisotopic (exact) mass is 341 g/mol. The molecule has 2 nitrogen and oxygen atoms in total. The fraction of sp³-hybridized carbons (Fsp3) is 0.565. The number of nitrogens with zero attached hydrogens (tertiary/aromatic N) is 1. The zero-order chi connectivity index (χ0) is 18.5. The average molecular weight is 342 g/mol. The largest absolute Gasteiger partial charge is 0.482 e. The van der Waals surface area contributed by atoms with E-state index in [1.165, 1.54) is 25.0 Å². The van der Waals surface area contributed by atoms with Gasteiger partial charge in [0.25, 0.3) is 0 Å². The van der Waals surface area contributed by atoms with E-state index >= 15 is 0 Å². The summed E-state index contributed by atoms with van der Waals surface area (Å²) in [5.74, 6) is 7.06. The molecule has 0 heterocycles. The number of likely N-dealkylation sites (N-methyl/N-ethyl adjacent to an activating group) is 1. The third kappa shape index (κ3) is 8.16. The van der Waals surface area contributed by atoms with E-state index in [0.717, 1.165) is 31.6 Å². The summed E-state index contributed by atoms with van der Waals surface area (Å²) in [6.07, 6.45) is 17.2. The highest BCUT2D eigenvalue weighted by atomic mass is 16.5. The van der Waals surface area contributed by atoms with Gasteiger partial charge in [0.1, 0.15) is 0 Å². The zero-order valence-electron chi connectivity index (χ0n) is 16.6. The Labute approximate surface area is 155 Å². The maximum atomic E-state index is 5.99. The molecule has 0 radical (unpaired) electrons. The molecule has 1 aliphatic carbocycles. The molecular weight excluding hydrogens is 306 g/mol. The smallest absolute Gasteiger partial charge is 0.162 e. The van der Waals surface area contributed by atoms with Crippen molar-refractivity contribution in [2.75, 3.05) is 6.54 Å². The molecule has 25 heavy (non-hydrogen) atoms. The molecule has 1 rings (SSSR count). The van der Waals surface area contributed by atoms with Gasteiger partial charge < -0.3 is 9.64 Å². The van der Waals surface area contributed by atoms with Crippen molar-refractivity contribution < 1.29 is 4.74 Å². The van der Waals surface area contributed by atoms with Crippen molar-refractivity contribution in [2.45, 2.75) is 78.4 Å². The van der Waals surface area contributed by atoms with Gasteiger partial charge in [-0.1, -0.05) is 49.8 Å². The van der Waals surface area contributed by atoms with E-state index < -0.39 is 0 Å². The Hall–Kier alpha value is -1.88. The standard InChI is InChI=1S/C23H35NO/c1-6-9-12-16-22(15-10-7-2)24(8-3)20(4)19-21(5)25-23-17-13-11-14-18-23/h7,11,13,15,19-20,23H,2,6,8-10,12,16-17H2,1,3-5H3/b21-19+,22-15-. The van der Waals surface area contributed by atoms with Gasteiger partial charge >= 0.3 is 0 Å². The SMILES string of the molecule is C=CC/C=C(/CCCCC)N(CC)C(C)/C=C(\C)OC1C#CC=CC1. The summed E-state index contributed by atoms with van der Waals surface area (Å²) >= 11 is 0. The summed E-state index contributed by atoms with van der Waals surface area (Å²) in [6, 6.07) is 0.301. The van der Waals surface area contributed by atoms with Gasteiger partial charge in [-0.05, 0) is 52.2 Å². The predicted octanol–water partition coefficient (Wildman–Crippen LogP) is 5.99. The summed E-state index contributed by atoms with van der Waals surface area (Å²) in [5, 5.41) is 0. The third-order valence-electron chi connectivity index (χ3n) is 4.36. The zero-order valence-corrected chi connectivity index (χ0v) is 16.6. The lowest BCUT2D eigenvalue weighted by Crippen LogP contribution is -2.31. The number of allylic oxidation sites excluding steroid dienone is 5. The highest BCUT2D eigenvalue weighted by Gasteiger charge is 2.14. The Balaban J connectivity index is 2.75. The van der Waals surface area contributed by atoms with Gasteiger partial charge in [-0.3, -0.25) is 0 Å². The van der Waals surface area contributed by atoms with Crippen LogP contribution in [-0.2, 0) is 4.74 Å². The molecule has 0 amide bonds. The summed E-state index contributed by atoms with van der Waals surface area (Å²) in [6.45, 7) is 13.6. The van der Waals surface area contributed by atoms with E-state index in [9.17, 15) is 0 Å². The molecule has 2 heteroatoms. The van der Waals surface area contributed by atoms with Gasteiger partial charge in [-0.2, -0.15) is 0 Å². The van der Waals surface area contributed by atoms with Crippen LogP contribution in [0.15, 0.2) is 48.4 Å². The van der Waals surface area contributed by atoms with Crippen molar-refractivity contribution >= 4 is 0 Å². The first-order valence-corrected chi connectivity index (χ1v) is 9.70. The van der Waals surface area contributed by atoms with Gasteiger partial charge in [-0.25, -0.2) is 0 Å². The Morgan fingerprint density at radius 2 is 2.20 bits per heavy atom. The van der Waals surface area contributed by atoms with Crippen molar-refractivity contribution in [1.82, 2.24) is 4.90 Å². The van der Waals surface area contributed by atoms with Gasteiger partial charge in [0.15, 0.2) is 6.10 Å². The molecule has 2 unspecified atom stereocenters. The van der Waals surface area contributed by atoms with Crippen LogP contribution in [-0.4, -0.2) is 23.6 Å². The van der Waals surface area contributed by atoms with Crippen LogP contribution in [0.4, 0.5) is 0 Å². The molecule has 0 bridgehead atoms. The van der Waals surface area contributed by atoms with E-state index in [-0.39, 0.29) is 6.10 Å². The molecule has 0 aromatic rings. The lowest BCUT2D eigenvalue weighted by Gasteiger charge is -2.31. The van der Waals surface area contributed by atoms with Crippen LogP contribution in [0, 0.1) is 11.8 Å². The minimum atomic E-state index is -0.0103. The van der Waals surface area contributed by atoms with Crippen LogP contribution in [0.3, 0.4) is 0 Å². The van der Waals surface area contributed by atoms with E-state index in [2.05, 4.69) is 62.3 Å². The molecule has 0 fully saturated rings. The van der Waals surface area contributed by atoms with Gasteiger partial charge in [0.2, 0.25) is 0 Å². The second-order valence-corrected chi connectivity index (χ2v) is 6.51. The summed E-state index contributed by atoms with van der Waals surface area (Å²) in [7, 11) is 0. The summed E-state index contributed by atoms with van der Waals surface area (Å²) < 4.78 is 5.99. The van der Waals surface area contributed by atoms with Crippen LogP contribution < -0.4 is 0 Å². The minimum Gasteiger partial charge on any atom is -0.482 e. The lowest BCUT2D eigenvalue weighted by atomic mass is 10.1. The van der Waals surface area contributed by atoms with Gasteiger partial charge in [-0.15, -0.1) is 6.58 Å². The predicted molar refractivity (Wildman–Crippen MR) is 109 cm³/mol. The molecule has 2 atom stereocenters. The normalized spacial score (nSPS) is 18.3. The fourth-order valence-electron chi connectivity index (χ4n) is 3.11. The van der Waals surface area contributed by atoms with E-state index in [1.807, 2.05) is 19.1 Å². The highest BCUT2D eigenvalue weighted by Crippen LogP contribution is 2.20. The van der Waals surface area contributed by atoms with Gasteiger partial charge in [0.05, 0.1) is 5.76 Å². The molecule has 0 aromatic heterocycles. The molecular formula is C23H35NO. The first-order chi connectivity index (χ1) is 12.1. The quantitative estimate of drug-likeness (QED) is 0.187. The average Bonchev–Trinajstić information content (AvgIpc) is 2.60. The third-order valence-corrected chi connectivity index (χ3v) is 4.36. The fourth-order valence-corrected chi connectivity index (χ4v) is 3.11. The highest BCUT2D eigenvalue weighted by molar-refractivity contribution is 5.24.